The van der Waals surface area contributed by atoms with E-state index in [-0.39, 0.29) is 23.3 Å². The molecular formula is C23H22FN3O2. The predicted molar refractivity (Wildman–Crippen MR) is 109 cm³/mol. The maximum Gasteiger partial charge on any atom is 0.270 e. The van der Waals surface area contributed by atoms with Gasteiger partial charge in [-0.25, -0.2) is 4.39 Å². The van der Waals surface area contributed by atoms with Gasteiger partial charge in [0.2, 0.25) is 0 Å². The first-order chi connectivity index (χ1) is 14.0. The molecule has 148 valence electrons. The summed E-state index contributed by atoms with van der Waals surface area (Å²) >= 11 is 0. The van der Waals surface area contributed by atoms with E-state index in [0.717, 1.165) is 16.7 Å². The molecule has 3 aromatic rings. The van der Waals surface area contributed by atoms with Crippen molar-refractivity contribution in [2.24, 2.45) is 0 Å². The zero-order valence-corrected chi connectivity index (χ0v) is 16.1. The smallest absolute Gasteiger partial charge is 0.270 e. The van der Waals surface area contributed by atoms with Crippen molar-refractivity contribution in [3.63, 3.8) is 0 Å². The Balaban J connectivity index is 1.54. The Bertz CT molecular complexity index is 1000. The molecule has 5 nitrogen and oxygen atoms in total. The third-order valence-corrected chi connectivity index (χ3v) is 4.40. The summed E-state index contributed by atoms with van der Waals surface area (Å²) in [6, 6.07) is 17.0. The van der Waals surface area contributed by atoms with Crippen LogP contribution in [0.2, 0.25) is 0 Å². The van der Waals surface area contributed by atoms with Gasteiger partial charge in [0.05, 0.1) is 0 Å². The SMILES string of the molecule is Cc1cccc(CNC(=O)c2cc(C(=O)NCCc3ccc(F)cc3)ccn2)c1. The summed E-state index contributed by atoms with van der Waals surface area (Å²) in [5.74, 6) is -0.919. The fraction of sp³-hybridized carbons (Fsp3) is 0.174. The van der Waals surface area contributed by atoms with Gasteiger partial charge >= 0.3 is 0 Å². The second kappa shape index (κ2) is 9.59. The first-order valence-corrected chi connectivity index (χ1v) is 9.34. The number of nitrogens with one attached hydrogen (secondary N) is 2. The van der Waals surface area contributed by atoms with Crippen molar-refractivity contribution >= 4 is 11.8 Å². The van der Waals surface area contributed by atoms with E-state index in [2.05, 4.69) is 15.6 Å². The zero-order chi connectivity index (χ0) is 20.6. The lowest BCUT2D eigenvalue weighted by atomic mass is 10.1. The van der Waals surface area contributed by atoms with Crippen molar-refractivity contribution in [1.29, 1.82) is 0 Å². The molecule has 6 heteroatoms. The Labute approximate surface area is 169 Å². The summed E-state index contributed by atoms with van der Waals surface area (Å²) in [4.78, 5) is 28.8. The quantitative estimate of drug-likeness (QED) is 0.648. The molecule has 0 radical (unpaired) electrons. The summed E-state index contributed by atoms with van der Waals surface area (Å²) in [5.41, 5.74) is 3.59. The highest BCUT2D eigenvalue weighted by Gasteiger charge is 2.11. The Morgan fingerprint density at radius 2 is 1.72 bits per heavy atom. The molecular weight excluding hydrogens is 369 g/mol. The molecule has 2 aromatic carbocycles. The molecule has 0 bridgehead atoms. The van der Waals surface area contributed by atoms with Crippen LogP contribution in [0.25, 0.3) is 0 Å². The second-order valence-corrected chi connectivity index (χ2v) is 6.73. The molecule has 3 rings (SSSR count). The maximum absolute atomic E-state index is 12.9. The first-order valence-electron chi connectivity index (χ1n) is 9.34. The Hall–Kier alpha value is -3.54. The predicted octanol–water partition coefficient (Wildman–Crippen LogP) is 3.43. The highest BCUT2D eigenvalue weighted by molar-refractivity contribution is 5.98. The standard InChI is InChI=1S/C23H22FN3O2/c1-16-3-2-4-18(13-16)15-27-23(29)21-14-19(10-12-25-21)22(28)26-11-9-17-5-7-20(24)8-6-17/h2-8,10,12-14H,9,11,15H2,1H3,(H,26,28)(H,27,29). The number of carbonyl (C=O) groups excluding carboxylic acids is 2. The van der Waals surface area contributed by atoms with Gasteiger partial charge < -0.3 is 10.6 Å². The third kappa shape index (κ3) is 5.97. The van der Waals surface area contributed by atoms with Crippen LogP contribution in [0.5, 0.6) is 0 Å². The minimum atomic E-state index is -0.340. The van der Waals surface area contributed by atoms with Crippen molar-refractivity contribution < 1.29 is 14.0 Å². The van der Waals surface area contributed by atoms with E-state index in [9.17, 15) is 14.0 Å². The fourth-order valence-electron chi connectivity index (χ4n) is 2.86. The number of amides is 2. The molecule has 0 atom stereocenters. The molecule has 1 heterocycles. The normalized spacial score (nSPS) is 10.4. The van der Waals surface area contributed by atoms with Gasteiger partial charge in [-0.2, -0.15) is 0 Å². The number of hydrogen-bond acceptors (Lipinski definition) is 3. The molecule has 0 aliphatic carbocycles. The van der Waals surface area contributed by atoms with E-state index in [1.807, 2.05) is 31.2 Å². The molecule has 0 unspecified atom stereocenters. The number of benzene rings is 2. The number of rotatable bonds is 7. The van der Waals surface area contributed by atoms with Crippen LogP contribution in [-0.2, 0) is 13.0 Å². The largest absolute Gasteiger partial charge is 0.352 e. The van der Waals surface area contributed by atoms with Crippen LogP contribution in [0.15, 0.2) is 66.9 Å². The number of carbonyl (C=O) groups is 2. The van der Waals surface area contributed by atoms with E-state index >= 15 is 0 Å². The summed E-state index contributed by atoms with van der Waals surface area (Å²) in [5, 5.41) is 5.61. The number of halogens is 1. The highest BCUT2D eigenvalue weighted by Crippen LogP contribution is 2.06. The topological polar surface area (TPSA) is 71.1 Å². The van der Waals surface area contributed by atoms with Gasteiger partial charge in [-0.1, -0.05) is 42.0 Å². The van der Waals surface area contributed by atoms with Crippen molar-refractivity contribution in [2.75, 3.05) is 6.54 Å². The molecule has 0 spiro atoms. The van der Waals surface area contributed by atoms with E-state index in [1.165, 1.54) is 24.4 Å². The number of aromatic nitrogens is 1. The van der Waals surface area contributed by atoms with Crippen LogP contribution in [0.1, 0.15) is 37.5 Å². The molecule has 0 fully saturated rings. The van der Waals surface area contributed by atoms with E-state index in [4.69, 9.17) is 0 Å². The van der Waals surface area contributed by atoms with Crippen LogP contribution >= 0.6 is 0 Å². The van der Waals surface area contributed by atoms with E-state index < -0.39 is 0 Å². The lowest BCUT2D eigenvalue weighted by Gasteiger charge is -2.08. The molecule has 0 aliphatic heterocycles. The van der Waals surface area contributed by atoms with Gasteiger partial charge in [0.15, 0.2) is 0 Å². The molecule has 2 N–H and O–H groups in total. The lowest BCUT2D eigenvalue weighted by molar-refractivity contribution is 0.0946. The van der Waals surface area contributed by atoms with Crippen molar-refractivity contribution in [1.82, 2.24) is 15.6 Å². The molecule has 2 amide bonds. The van der Waals surface area contributed by atoms with Gasteiger partial charge in [0.25, 0.3) is 11.8 Å². The molecule has 1 aromatic heterocycles. The van der Waals surface area contributed by atoms with Gasteiger partial charge in [-0.3, -0.25) is 14.6 Å². The van der Waals surface area contributed by atoms with Crippen molar-refractivity contribution in [3.05, 3.63) is 101 Å². The molecule has 0 saturated carbocycles. The van der Waals surface area contributed by atoms with Crippen LogP contribution < -0.4 is 10.6 Å². The first kappa shape index (κ1) is 20.2. The van der Waals surface area contributed by atoms with E-state index in [1.54, 1.807) is 18.2 Å². The monoisotopic (exact) mass is 391 g/mol. The Morgan fingerprint density at radius 3 is 2.48 bits per heavy atom. The maximum atomic E-state index is 12.9. The zero-order valence-electron chi connectivity index (χ0n) is 16.1. The Kier molecular flexibility index (Phi) is 6.68. The van der Waals surface area contributed by atoms with Gasteiger partial charge in [-0.05, 0) is 48.7 Å². The van der Waals surface area contributed by atoms with Crippen LogP contribution in [0.4, 0.5) is 4.39 Å². The minimum Gasteiger partial charge on any atom is -0.352 e. The molecule has 0 aliphatic rings. The fourth-order valence-corrected chi connectivity index (χ4v) is 2.86. The molecule has 0 saturated heterocycles. The second-order valence-electron chi connectivity index (χ2n) is 6.73. The average Bonchev–Trinajstić information content (AvgIpc) is 2.73. The van der Waals surface area contributed by atoms with Gasteiger partial charge in [0.1, 0.15) is 11.5 Å². The van der Waals surface area contributed by atoms with Crippen molar-refractivity contribution in [3.8, 4) is 0 Å². The third-order valence-electron chi connectivity index (χ3n) is 4.40. The summed E-state index contributed by atoms with van der Waals surface area (Å²) in [6.45, 7) is 2.78. The van der Waals surface area contributed by atoms with Gasteiger partial charge in [0, 0.05) is 24.8 Å². The lowest BCUT2D eigenvalue weighted by Crippen LogP contribution is -2.27. The van der Waals surface area contributed by atoms with E-state index in [0.29, 0.717) is 25.1 Å². The summed E-state index contributed by atoms with van der Waals surface area (Å²) in [7, 11) is 0. The Morgan fingerprint density at radius 1 is 0.931 bits per heavy atom. The number of nitrogens with zero attached hydrogens (tertiary/aromatic N) is 1. The van der Waals surface area contributed by atoms with Crippen LogP contribution in [-0.4, -0.2) is 23.3 Å². The number of aryl methyl sites for hydroxylation is 1. The van der Waals surface area contributed by atoms with Crippen LogP contribution in [0, 0.1) is 12.7 Å². The highest BCUT2D eigenvalue weighted by atomic mass is 19.1. The van der Waals surface area contributed by atoms with Crippen molar-refractivity contribution in [2.45, 2.75) is 19.9 Å². The summed E-state index contributed by atoms with van der Waals surface area (Å²) in [6.07, 6.45) is 2.03. The number of hydrogen-bond donors (Lipinski definition) is 2. The average molecular weight is 391 g/mol. The summed E-state index contributed by atoms with van der Waals surface area (Å²) < 4.78 is 12.9. The van der Waals surface area contributed by atoms with Gasteiger partial charge in [-0.15, -0.1) is 0 Å². The minimum absolute atomic E-state index is 0.184. The van der Waals surface area contributed by atoms with Crippen LogP contribution in [0.3, 0.4) is 0 Å². The molecule has 29 heavy (non-hydrogen) atoms. The number of pyridine rings is 1.